The van der Waals surface area contributed by atoms with Crippen molar-refractivity contribution in [1.29, 1.82) is 0 Å². The van der Waals surface area contributed by atoms with Gasteiger partial charge >= 0.3 is 29.8 Å². The topological polar surface area (TPSA) is 353 Å². The number of phenols is 3. The first-order chi connectivity index (χ1) is 58.9. The third kappa shape index (κ3) is 28.4. The van der Waals surface area contributed by atoms with Crippen LogP contribution < -0.4 is 52.1 Å². The van der Waals surface area contributed by atoms with E-state index in [1.54, 1.807) is 121 Å². The molecule has 0 amide bonds. The van der Waals surface area contributed by atoms with Crippen LogP contribution in [0, 0.1) is 27.1 Å². The molecule has 0 aliphatic carbocycles. The number of unbranched alkanes of at least 4 members (excludes halogenated alkanes) is 2. The van der Waals surface area contributed by atoms with Crippen molar-refractivity contribution in [2.45, 2.75) is 92.4 Å². The van der Waals surface area contributed by atoms with Crippen LogP contribution in [-0.2, 0) is 33.2 Å². The molecule has 28 heteroatoms. The van der Waals surface area contributed by atoms with Crippen molar-refractivity contribution in [3.63, 3.8) is 0 Å². The maximum atomic E-state index is 12.8. The predicted octanol–water partition coefficient (Wildman–Crippen LogP) is 16.3. The fourth-order valence-corrected chi connectivity index (χ4v) is 12.3. The van der Waals surface area contributed by atoms with Crippen LogP contribution in [-0.4, -0.2) is 202 Å². The third-order valence-electron chi connectivity index (χ3n) is 21.7. The highest BCUT2D eigenvalue weighted by Gasteiger charge is 2.41. The van der Waals surface area contributed by atoms with Gasteiger partial charge in [0, 0.05) is 42.2 Å². The van der Waals surface area contributed by atoms with Gasteiger partial charge in [-0.3, -0.25) is 0 Å². The summed E-state index contributed by atoms with van der Waals surface area (Å²) in [5, 5.41) is 45.0. The van der Waals surface area contributed by atoms with Crippen molar-refractivity contribution in [2.75, 3.05) is 147 Å². The molecule has 122 heavy (non-hydrogen) atoms. The first-order valence-corrected chi connectivity index (χ1v) is 40.9. The standard InChI is InChI=1S/C37H44O10.C20H22O6.C17H24O5.C13H16O4.C7H8O3/c1-4-36(22-42-23-36)21-41-18-6-7-19-44-29-12-8-28(9-13-29)35(39)47-32-17-16-31(20-33(32)40-3)46-34(38)27-10-14-30(15-11-27)45-26-37(5-2)24-43-25-37;1-3-20(11-24-12-20)13-25-15-6-4-14(5-7-15)19(22)26-16-8-9-17(21)18(10-16)23-2;1-2-17(12-21-13-17)11-20-9-3-4-10-22-15-7-5-14(6-8-15)16(18)19;1-2-13(7-16-8-13)9-17-11-5-3-10(4-6-11)12(14)15;1-10-7-4-5(8)2-3-6(7)9/h8-17,20H,4-7,18-19,21-26H2,1-3H3;4-10,21H,3,11-13H2,1-2H3;5-8H,2-4,9-13H2,1H3,(H,18,19);3-6H,2,7-9H2,1H3,(H,14,15);2-4,8-9H,1H3. The molecule has 8 aromatic carbocycles. The molecule has 0 saturated carbocycles. The van der Waals surface area contributed by atoms with Crippen molar-refractivity contribution in [3.8, 4) is 80.5 Å². The highest BCUT2D eigenvalue weighted by atomic mass is 16.6. The lowest BCUT2D eigenvalue weighted by Crippen LogP contribution is -2.46. The van der Waals surface area contributed by atoms with Crippen LogP contribution in [0.2, 0.25) is 0 Å². The molecule has 28 nitrogen and oxygen atoms in total. The molecular formula is C94H114O28. The van der Waals surface area contributed by atoms with Gasteiger partial charge in [0.15, 0.2) is 34.5 Å². The second-order valence-electron chi connectivity index (χ2n) is 30.7. The van der Waals surface area contributed by atoms with E-state index in [0.717, 1.165) is 130 Å². The number of aromatic hydroxyl groups is 3. The number of carbonyl (C=O) groups is 5. The van der Waals surface area contributed by atoms with Gasteiger partial charge in [0.1, 0.15) is 46.0 Å². The molecule has 0 radical (unpaired) electrons. The molecule has 658 valence electrons. The zero-order valence-corrected chi connectivity index (χ0v) is 70.7. The lowest BCUT2D eigenvalue weighted by atomic mass is 9.84. The largest absolute Gasteiger partial charge is 0.508 e. The third-order valence-corrected chi connectivity index (χ3v) is 21.7. The Hall–Kier alpha value is -11.4. The zero-order valence-electron chi connectivity index (χ0n) is 70.7. The van der Waals surface area contributed by atoms with E-state index < -0.39 is 29.8 Å². The Kier molecular flexibility index (Phi) is 36.5. The number of carbonyl (C=O) groups excluding carboxylic acids is 3. The molecular weight excluding hydrogens is 1580 g/mol. The summed E-state index contributed by atoms with van der Waals surface area (Å²) < 4.78 is 98.3. The molecule has 13 rings (SSSR count). The van der Waals surface area contributed by atoms with Gasteiger partial charge in [-0.05, 0) is 216 Å². The monoisotopic (exact) mass is 1690 g/mol. The number of hydrogen-bond donors (Lipinski definition) is 5. The van der Waals surface area contributed by atoms with Crippen LogP contribution >= 0.6 is 0 Å². The quantitative estimate of drug-likeness (QED) is 0.0103. The summed E-state index contributed by atoms with van der Waals surface area (Å²) in [6, 6.07) is 46.3. The Morgan fingerprint density at radius 2 is 0.566 bits per heavy atom. The molecule has 5 aliphatic heterocycles. The highest BCUT2D eigenvalue weighted by molar-refractivity contribution is 5.93. The minimum atomic E-state index is -0.926. The molecule has 8 aromatic rings. The number of phenolic OH excluding ortho intramolecular Hbond substituents is 3. The Bertz CT molecular complexity index is 4520. The van der Waals surface area contributed by atoms with E-state index in [4.69, 9.17) is 106 Å². The number of rotatable bonds is 41. The van der Waals surface area contributed by atoms with Crippen LogP contribution in [0.25, 0.3) is 0 Å². The number of methoxy groups -OCH3 is 3. The first-order valence-electron chi connectivity index (χ1n) is 40.9. The lowest BCUT2D eigenvalue weighted by molar-refractivity contribution is -0.150. The number of benzene rings is 8. The van der Waals surface area contributed by atoms with Gasteiger partial charge in [-0.25, -0.2) is 24.0 Å². The maximum absolute atomic E-state index is 12.8. The molecule has 0 atom stereocenters. The number of hydrogen-bond acceptors (Lipinski definition) is 26. The highest BCUT2D eigenvalue weighted by Crippen LogP contribution is 2.39. The normalized spacial score (nSPS) is 15.4. The van der Waals surface area contributed by atoms with E-state index >= 15 is 0 Å². The summed E-state index contributed by atoms with van der Waals surface area (Å²) in [6.45, 7) is 24.2. The zero-order chi connectivity index (χ0) is 87.4. The van der Waals surface area contributed by atoms with Crippen molar-refractivity contribution >= 4 is 29.8 Å². The number of carboxylic acid groups (broad SMARTS) is 2. The minimum absolute atomic E-state index is 0.0180. The summed E-state index contributed by atoms with van der Waals surface area (Å²) in [6.07, 6.45) is 8.82. The smallest absolute Gasteiger partial charge is 0.343 e. The maximum Gasteiger partial charge on any atom is 0.343 e. The van der Waals surface area contributed by atoms with E-state index in [-0.39, 0.29) is 84.2 Å². The van der Waals surface area contributed by atoms with Gasteiger partial charge in [-0.2, -0.15) is 0 Å². The molecule has 5 saturated heterocycles. The fraction of sp³-hybridized carbons (Fsp3) is 0.436. The van der Waals surface area contributed by atoms with E-state index in [1.807, 2.05) is 0 Å². The summed E-state index contributed by atoms with van der Waals surface area (Å²) >= 11 is 0. The van der Waals surface area contributed by atoms with E-state index in [0.29, 0.717) is 104 Å². The molecule has 0 unspecified atom stereocenters. The number of esters is 3. The van der Waals surface area contributed by atoms with Crippen molar-refractivity contribution < 1.29 is 135 Å². The summed E-state index contributed by atoms with van der Waals surface area (Å²) in [7, 11) is 4.30. The second kappa shape index (κ2) is 47.2. The summed E-state index contributed by atoms with van der Waals surface area (Å²) in [5.41, 5.74) is 2.44. The van der Waals surface area contributed by atoms with Crippen LogP contribution in [0.5, 0.6) is 80.5 Å². The van der Waals surface area contributed by atoms with Gasteiger partial charge < -0.3 is 111 Å². The average Bonchev–Trinajstić information content (AvgIpc) is 0.849. The van der Waals surface area contributed by atoms with Gasteiger partial charge in [0.05, 0.1) is 178 Å². The predicted molar refractivity (Wildman–Crippen MR) is 450 cm³/mol. The molecule has 5 fully saturated rings. The van der Waals surface area contributed by atoms with E-state index in [9.17, 15) is 29.1 Å². The van der Waals surface area contributed by atoms with Crippen LogP contribution in [0.15, 0.2) is 176 Å². The fourth-order valence-electron chi connectivity index (χ4n) is 12.3. The Morgan fingerprint density at radius 3 is 0.869 bits per heavy atom. The molecule has 0 aromatic heterocycles. The summed E-state index contributed by atoms with van der Waals surface area (Å²) in [4.78, 5) is 59.3. The number of aromatic carboxylic acids is 2. The molecule has 0 bridgehead atoms. The minimum Gasteiger partial charge on any atom is -0.508 e. The van der Waals surface area contributed by atoms with Crippen molar-refractivity contribution in [2.24, 2.45) is 27.1 Å². The summed E-state index contributed by atoms with van der Waals surface area (Å²) in [5.74, 6) is 1.57. The van der Waals surface area contributed by atoms with Gasteiger partial charge in [0.25, 0.3) is 0 Å². The van der Waals surface area contributed by atoms with Crippen LogP contribution in [0.3, 0.4) is 0 Å². The molecule has 5 heterocycles. The van der Waals surface area contributed by atoms with Crippen molar-refractivity contribution in [3.05, 3.63) is 204 Å². The second-order valence-corrected chi connectivity index (χ2v) is 30.7. The van der Waals surface area contributed by atoms with E-state index in [1.165, 1.54) is 75.9 Å². The molecule has 0 spiro atoms. The van der Waals surface area contributed by atoms with E-state index in [2.05, 4.69) is 34.6 Å². The van der Waals surface area contributed by atoms with Crippen LogP contribution in [0.4, 0.5) is 0 Å². The Morgan fingerprint density at radius 1 is 0.295 bits per heavy atom. The number of ether oxygens (including phenoxy) is 18. The number of carboxylic acids is 2. The average molecular weight is 1690 g/mol. The van der Waals surface area contributed by atoms with Gasteiger partial charge in [-0.1, -0.05) is 34.6 Å². The SMILES string of the molecule is CCC1(COCCCCOc2ccc(C(=O)O)cc2)COC1.CCC1(COCCCCOc2ccc(C(=O)Oc3ccc(OC(=O)c4ccc(OCC5(CC)COC5)cc4)cc3OC)cc2)COC1.CCC1(COc2ccc(C(=O)O)cc2)COC1.CCC1(COc2ccc(C(=O)Oc3ccc(O)c(OC)c3)cc2)COC1.COc1cc(O)ccc1O. The Balaban J connectivity index is 0.000000190. The van der Waals surface area contributed by atoms with Crippen molar-refractivity contribution in [1.82, 2.24) is 0 Å². The van der Waals surface area contributed by atoms with Gasteiger partial charge in [-0.15, -0.1) is 0 Å². The van der Waals surface area contributed by atoms with Gasteiger partial charge in [0.2, 0.25) is 0 Å². The molecule has 5 N–H and O–H groups in total. The molecule has 5 aliphatic rings. The Labute approximate surface area is 711 Å². The first kappa shape index (κ1) is 94.5. The van der Waals surface area contributed by atoms with Crippen LogP contribution in [0.1, 0.15) is 144 Å². The lowest BCUT2D eigenvalue weighted by Gasteiger charge is -2.40.